The average molecular weight is 397 g/mol. The van der Waals surface area contributed by atoms with Crippen LogP contribution in [0.4, 0.5) is 13.2 Å². The highest BCUT2D eigenvalue weighted by molar-refractivity contribution is 5.97. The predicted octanol–water partition coefficient (Wildman–Crippen LogP) is 4.26. The van der Waals surface area contributed by atoms with Gasteiger partial charge in [0.2, 0.25) is 0 Å². The molecule has 0 fully saturated rings. The number of halogens is 3. The minimum Gasteiger partial charge on any atom is -0.493 e. The molecule has 0 aliphatic rings. The Morgan fingerprint density at radius 1 is 1.04 bits per heavy atom. The van der Waals surface area contributed by atoms with Gasteiger partial charge in [-0.1, -0.05) is 12.1 Å². The van der Waals surface area contributed by atoms with Crippen molar-refractivity contribution in [1.29, 1.82) is 0 Å². The van der Waals surface area contributed by atoms with Crippen molar-refractivity contribution in [1.82, 2.24) is 4.90 Å². The van der Waals surface area contributed by atoms with Gasteiger partial charge in [-0.15, -0.1) is 0 Å². The maximum absolute atomic E-state index is 12.7. The van der Waals surface area contributed by atoms with Crippen LogP contribution in [0.2, 0.25) is 0 Å². The van der Waals surface area contributed by atoms with Crippen molar-refractivity contribution in [3.8, 4) is 17.2 Å². The van der Waals surface area contributed by atoms with Crippen LogP contribution in [0, 0.1) is 0 Å². The summed E-state index contributed by atoms with van der Waals surface area (Å²) in [6, 6.07) is 9.71. The van der Waals surface area contributed by atoms with Gasteiger partial charge in [-0.25, -0.2) is 0 Å². The third-order valence-corrected chi connectivity index (χ3v) is 3.80. The molecule has 0 radical (unpaired) electrons. The molecule has 0 saturated heterocycles. The van der Waals surface area contributed by atoms with Crippen LogP contribution < -0.4 is 14.2 Å². The second-order valence-corrected chi connectivity index (χ2v) is 6.11. The highest BCUT2D eigenvalue weighted by atomic mass is 19.4. The quantitative estimate of drug-likeness (QED) is 0.625. The molecule has 2 rings (SSSR count). The highest BCUT2D eigenvalue weighted by Crippen LogP contribution is 2.32. The molecule has 0 aromatic heterocycles. The van der Waals surface area contributed by atoms with Gasteiger partial charge >= 0.3 is 6.18 Å². The second-order valence-electron chi connectivity index (χ2n) is 6.11. The van der Waals surface area contributed by atoms with Crippen molar-refractivity contribution in [3.63, 3.8) is 0 Å². The summed E-state index contributed by atoms with van der Waals surface area (Å²) in [5.41, 5.74) is -0.398. The van der Waals surface area contributed by atoms with Crippen molar-refractivity contribution in [2.24, 2.45) is 0 Å². The molecule has 5 nitrogen and oxygen atoms in total. The molecule has 2 aromatic carbocycles. The summed E-state index contributed by atoms with van der Waals surface area (Å²) in [5, 5.41) is 0. The molecule has 8 heteroatoms. The van der Waals surface area contributed by atoms with Gasteiger partial charge in [0.15, 0.2) is 11.5 Å². The largest absolute Gasteiger partial charge is 0.493 e. The fraction of sp³-hybridized carbons (Fsp3) is 0.350. The summed E-state index contributed by atoms with van der Waals surface area (Å²) < 4.78 is 54.5. The Labute approximate surface area is 161 Å². The fourth-order valence-electron chi connectivity index (χ4n) is 2.42. The van der Waals surface area contributed by atoms with Gasteiger partial charge in [-0.05, 0) is 30.3 Å². The summed E-state index contributed by atoms with van der Waals surface area (Å²) in [6.07, 6.45) is -4.01. The molecule has 0 unspecified atom stereocenters. The van der Waals surface area contributed by atoms with Crippen molar-refractivity contribution >= 4 is 5.91 Å². The Hall–Kier alpha value is -2.90. The van der Waals surface area contributed by atoms with E-state index < -0.39 is 11.7 Å². The minimum absolute atomic E-state index is 0.135. The number of carbonyl (C=O) groups is 1. The first kappa shape index (κ1) is 21.4. The molecule has 0 heterocycles. The Bertz CT molecular complexity index is 806. The first-order valence-corrected chi connectivity index (χ1v) is 8.55. The number of benzene rings is 2. The lowest BCUT2D eigenvalue weighted by Gasteiger charge is -2.17. The van der Waals surface area contributed by atoms with Crippen LogP contribution in [0.15, 0.2) is 42.5 Å². The molecule has 0 aliphatic heterocycles. The summed E-state index contributed by atoms with van der Waals surface area (Å²) in [4.78, 5) is 13.7. The number of hydrogen-bond donors (Lipinski definition) is 0. The first-order chi connectivity index (χ1) is 13.2. The Kier molecular flexibility index (Phi) is 7.14. The van der Waals surface area contributed by atoms with Crippen molar-refractivity contribution in [2.75, 3.05) is 34.4 Å². The van der Waals surface area contributed by atoms with Crippen molar-refractivity contribution in [2.45, 2.75) is 12.6 Å². The molecular formula is C20H22F3NO4. The molecule has 2 aromatic rings. The predicted molar refractivity (Wildman–Crippen MR) is 98.1 cm³/mol. The van der Waals surface area contributed by atoms with Crippen LogP contribution in [0.1, 0.15) is 22.3 Å². The van der Waals surface area contributed by atoms with Crippen LogP contribution in [0.25, 0.3) is 0 Å². The van der Waals surface area contributed by atoms with Gasteiger partial charge in [0.05, 0.1) is 31.5 Å². The summed E-state index contributed by atoms with van der Waals surface area (Å²) in [7, 11) is 4.74. The topological polar surface area (TPSA) is 48.0 Å². The molecule has 1 amide bonds. The zero-order valence-corrected chi connectivity index (χ0v) is 15.9. The smallest absolute Gasteiger partial charge is 0.416 e. The van der Waals surface area contributed by atoms with Gasteiger partial charge in [0.25, 0.3) is 5.91 Å². The van der Waals surface area contributed by atoms with Gasteiger partial charge in [-0.3, -0.25) is 4.79 Å². The lowest BCUT2D eigenvalue weighted by molar-refractivity contribution is -0.137. The fourth-order valence-corrected chi connectivity index (χ4v) is 2.42. The summed E-state index contributed by atoms with van der Waals surface area (Å²) in [6.45, 7) is 0.362. The monoisotopic (exact) mass is 397 g/mol. The number of alkyl halides is 3. The number of para-hydroxylation sites is 1. The van der Waals surface area contributed by atoms with E-state index in [0.717, 1.165) is 12.1 Å². The van der Waals surface area contributed by atoms with Crippen LogP contribution >= 0.6 is 0 Å². The van der Waals surface area contributed by atoms with E-state index in [9.17, 15) is 18.0 Å². The van der Waals surface area contributed by atoms with Gasteiger partial charge in [-0.2, -0.15) is 13.2 Å². The van der Waals surface area contributed by atoms with Crippen LogP contribution in [0.3, 0.4) is 0 Å². The van der Waals surface area contributed by atoms with Gasteiger partial charge < -0.3 is 19.1 Å². The molecule has 0 atom stereocenters. The number of amides is 1. The molecule has 0 saturated carbocycles. The number of carbonyl (C=O) groups excluding carboxylic acids is 1. The zero-order chi connectivity index (χ0) is 20.7. The normalized spacial score (nSPS) is 11.1. The Morgan fingerprint density at radius 2 is 1.71 bits per heavy atom. The van der Waals surface area contributed by atoms with Gasteiger partial charge in [0.1, 0.15) is 5.75 Å². The average Bonchev–Trinajstić information content (AvgIpc) is 2.66. The van der Waals surface area contributed by atoms with E-state index in [2.05, 4.69) is 0 Å². The SMILES string of the molecule is COc1cccc(C(=O)N(C)C)c1OCCCOc1cccc(C(F)(F)F)c1. The van der Waals surface area contributed by atoms with E-state index in [1.165, 1.54) is 24.1 Å². The Balaban J connectivity index is 1.95. The molecule has 0 spiro atoms. The van der Waals surface area contributed by atoms with Crippen molar-refractivity contribution < 1.29 is 32.2 Å². The van der Waals surface area contributed by atoms with Crippen LogP contribution in [-0.2, 0) is 6.18 Å². The molecule has 0 bridgehead atoms. The maximum Gasteiger partial charge on any atom is 0.416 e. The number of rotatable bonds is 8. The number of methoxy groups -OCH3 is 1. The molecule has 152 valence electrons. The van der Waals surface area contributed by atoms with Crippen molar-refractivity contribution in [3.05, 3.63) is 53.6 Å². The molecule has 0 N–H and O–H groups in total. The number of nitrogens with zero attached hydrogens (tertiary/aromatic N) is 1. The van der Waals surface area contributed by atoms with E-state index in [-0.39, 0.29) is 24.9 Å². The number of ether oxygens (including phenoxy) is 3. The highest BCUT2D eigenvalue weighted by Gasteiger charge is 2.30. The lowest BCUT2D eigenvalue weighted by Crippen LogP contribution is -2.22. The minimum atomic E-state index is -4.41. The van der Waals surface area contributed by atoms with E-state index in [4.69, 9.17) is 14.2 Å². The first-order valence-electron chi connectivity index (χ1n) is 8.55. The molecule has 28 heavy (non-hydrogen) atoms. The standard InChI is InChI=1S/C20H22F3NO4/c1-24(2)19(25)16-9-5-10-17(26-3)18(16)28-12-6-11-27-15-8-4-7-14(13-15)20(21,22)23/h4-5,7-10,13H,6,11-12H2,1-3H3. The third kappa shape index (κ3) is 5.55. The summed E-state index contributed by atoms with van der Waals surface area (Å²) >= 11 is 0. The number of hydrogen-bond acceptors (Lipinski definition) is 4. The van der Waals surface area contributed by atoms with Crippen LogP contribution in [-0.4, -0.2) is 45.2 Å². The molecular weight excluding hydrogens is 375 g/mol. The van der Waals surface area contributed by atoms with E-state index in [1.54, 1.807) is 32.3 Å². The van der Waals surface area contributed by atoms with Gasteiger partial charge in [0, 0.05) is 20.5 Å². The Morgan fingerprint density at radius 3 is 2.36 bits per heavy atom. The van der Waals surface area contributed by atoms with E-state index in [0.29, 0.717) is 23.5 Å². The van der Waals surface area contributed by atoms with Crippen LogP contribution in [0.5, 0.6) is 17.2 Å². The van der Waals surface area contributed by atoms with E-state index >= 15 is 0 Å². The van der Waals surface area contributed by atoms with E-state index in [1.807, 2.05) is 0 Å². The summed E-state index contributed by atoms with van der Waals surface area (Å²) in [5.74, 6) is 0.652. The lowest BCUT2D eigenvalue weighted by atomic mass is 10.1. The zero-order valence-electron chi connectivity index (χ0n) is 15.9. The maximum atomic E-state index is 12.7. The molecule has 0 aliphatic carbocycles. The third-order valence-electron chi connectivity index (χ3n) is 3.80. The second kappa shape index (κ2) is 9.34.